The van der Waals surface area contributed by atoms with E-state index >= 15 is 0 Å². The monoisotopic (exact) mass is 278 g/mol. The van der Waals surface area contributed by atoms with Crippen molar-refractivity contribution in [3.63, 3.8) is 0 Å². The van der Waals surface area contributed by atoms with Crippen LogP contribution in [0.2, 0.25) is 0 Å². The number of carboxylic acids is 1. The summed E-state index contributed by atoms with van der Waals surface area (Å²) >= 11 is 0. The number of benzene rings is 1. The van der Waals surface area contributed by atoms with Gasteiger partial charge in [-0.1, -0.05) is 12.8 Å². The molecule has 0 saturated heterocycles. The summed E-state index contributed by atoms with van der Waals surface area (Å²) in [6, 6.07) is 3.57. The van der Waals surface area contributed by atoms with Crippen molar-refractivity contribution in [3.8, 4) is 5.75 Å². The minimum absolute atomic E-state index is 0.237. The molecular weight excluding hydrogens is 260 g/mol. The van der Waals surface area contributed by atoms with Crippen LogP contribution in [-0.4, -0.2) is 28.8 Å². The molecule has 1 aliphatic rings. The first-order chi connectivity index (χ1) is 9.56. The van der Waals surface area contributed by atoms with Crippen LogP contribution in [0.4, 0.5) is 10.5 Å². The largest absolute Gasteiger partial charge is 0.507 e. The van der Waals surface area contributed by atoms with E-state index in [0.717, 1.165) is 12.8 Å². The number of aromatic carboxylic acids is 1. The Hall–Kier alpha value is -2.24. The van der Waals surface area contributed by atoms with Gasteiger partial charge in [-0.25, -0.2) is 9.59 Å². The fourth-order valence-electron chi connectivity index (χ4n) is 2.41. The predicted octanol–water partition coefficient (Wildman–Crippen LogP) is 2.40. The number of carboxylic acid groups (broad SMARTS) is 1. The number of carbonyl (C=O) groups is 2. The van der Waals surface area contributed by atoms with Crippen LogP contribution in [0.15, 0.2) is 18.2 Å². The van der Waals surface area contributed by atoms with Crippen molar-refractivity contribution in [2.75, 3.05) is 11.9 Å². The number of urea groups is 1. The Morgan fingerprint density at radius 1 is 1.25 bits per heavy atom. The van der Waals surface area contributed by atoms with Gasteiger partial charge in [0.05, 0.1) is 0 Å². The van der Waals surface area contributed by atoms with Gasteiger partial charge in [-0.2, -0.15) is 0 Å². The number of amides is 2. The fourth-order valence-corrected chi connectivity index (χ4v) is 2.41. The summed E-state index contributed by atoms with van der Waals surface area (Å²) in [6.45, 7) is 0.635. The van der Waals surface area contributed by atoms with E-state index in [2.05, 4.69) is 10.6 Å². The Morgan fingerprint density at radius 3 is 2.60 bits per heavy atom. The van der Waals surface area contributed by atoms with Crippen LogP contribution in [0.1, 0.15) is 36.0 Å². The van der Waals surface area contributed by atoms with Gasteiger partial charge in [0, 0.05) is 12.2 Å². The Bertz CT molecular complexity index is 510. The van der Waals surface area contributed by atoms with Gasteiger partial charge < -0.3 is 20.8 Å². The topological polar surface area (TPSA) is 98.7 Å². The van der Waals surface area contributed by atoms with E-state index in [4.69, 9.17) is 5.11 Å². The lowest BCUT2D eigenvalue weighted by Gasteiger charge is -2.12. The molecule has 0 spiro atoms. The highest BCUT2D eigenvalue weighted by Crippen LogP contribution is 2.24. The van der Waals surface area contributed by atoms with Crippen molar-refractivity contribution >= 4 is 17.7 Å². The number of nitrogens with one attached hydrogen (secondary N) is 2. The zero-order chi connectivity index (χ0) is 14.5. The highest BCUT2D eigenvalue weighted by atomic mass is 16.4. The summed E-state index contributed by atoms with van der Waals surface area (Å²) in [4.78, 5) is 22.6. The van der Waals surface area contributed by atoms with Gasteiger partial charge in [-0.05, 0) is 37.0 Å². The van der Waals surface area contributed by atoms with Crippen LogP contribution in [-0.2, 0) is 0 Å². The molecule has 2 amide bonds. The average molecular weight is 278 g/mol. The first-order valence-electron chi connectivity index (χ1n) is 6.67. The van der Waals surface area contributed by atoms with Crippen LogP contribution in [0.3, 0.4) is 0 Å². The summed E-state index contributed by atoms with van der Waals surface area (Å²) in [5.74, 6) is -1.03. The summed E-state index contributed by atoms with van der Waals surface area (Å²) in [5.41, 5.74) is 0.0997. The molecule has 2 rings (SSSR count). The third-order valence-electron chi connectivity index (χ3n) is 3.51. The van der Waals surface area contributed by atoms with E-state index in [1.165, 1.54) is 31.0 Å². The maximum atomic E-state index is 11.7. The second kappa shape index (κ2) is 6.27. The highest BCUT2D eigenvalue weighted by molar-refractivity contribution is 5.95. The molecule has 6 heteroatoms. The molecule has 0 radical (unpaired) electrons. The molecule has 4 N–H and O–H groups in total. The van der Waals surface area contributed by atoms with Crippen LogP contribution >= 0.6 is 0 Å². The van der Waals surface area contributed by atoms with Gasteiger partial charge in [0.2, 0.25) is 0 Å². The van der Waals surface area contributed by atoms with Crippen molar-refractivity contribution in [1.29, 1.82) is 0 Å². The maximum Gasteiger partial charge on any atom is 0.339 e. The zero-order valence-electron chi connectivity index (χ0n) is 11.1. The van der Waals surface area contributed by atoms with E-state index < -0.39 is 5.97 Å². The SMILES string of the molecule is O=C(NCC1CCCC1)Nc1ccc(O)c(C(=O)O)c1. The summed E-state index contributed by atoms with van der Waals surface area (Å²) in [7, 11) is 0. The molecular formula is C14H18N2O4. The third kappa shape index (κ3) is 3.63. The molecule has 0 aromatic heterocycles. The van der Waals surface area contributed by atoms with Crippen LogP contribution < -0.4 is 10.6 Å². The standard InChI is InChI=1S/C14H18N2O4/c17-12-6-5-10(7-11(12)13(18)19)16-14(20)15-8-9-3-1-2-4-9/h5-7,9,17H,1-4,8H2,(H,18,19)(H2,15,16,20). The van der Waals surface area contributed by atoms with Crippen LogP contribution in [0.25, 0.3) is 0 Å². The van der Waals surface area contributed by atoms with Gasteiger partial charge in [-0.3, -0.25) is 0 Å². The molecule has 1 fully saturated rings. The third-order valence-corrected chi connectivity index (χ3v) is 3.51. The molecule has 0 bridgehead atoms. The summed E-state index contributed by atoms with van der Waals surface area (Å²) < 4.78 is 0. The molecule has 0 unspecified atom stereocenters. The number of hydrogen-bond acceptors (Lipinski definition) is 3. The van der Waals surface area contributed by atoms with Gasteiger partial charge >= 0.3 is 12.0 Å². The summed E-state index contributed by atoms with van der Waals surface area (Å²) in [6.07, 6.45) is 4.72. The normalized spacial score (nSPS) is 15.0. The van der Waals surface area contributed by atoms with Crippen molar-refractivity contribution in [3.05, 3.63) is 23.8 Å². The van der Waals surface area contributed by atoms with Crippen LogP contribution in [0.5, 0.6) is 5.75 Å². The van der Waals surface area contributed by atoms with E-state index in [1.54, 1.807) is 0 Å². The molecule has 0 aliphatic heterocycles. The van der Waals surface area contributed by atoms with E-state index in [-0.39, 0.29) is 17.3 Å². The first-order valence-corrected chi connectivity index (χ1v) is 6.67. The van der Waals surface area contributed by atoms with E-state index in [1.807, 2.05) is 0 Å². The Balaban J connectivity index is 1.90. The first kappa shape index (κ1) is 14.2. The lowest BCUT2D eigenvalue weighted by molar-refractivity contribution is 0.0693. The van der Waals surface area contributed by atoms with Crippen molar-refractivity contribution in [1.82, 2.24) is 5.32 Å². The predicted molar refractivity (Wildman–Crippen MR) is 74.0 cm³/mol. The minimum Gasteiger partial charge on any atom is -0.507 e. The molecule has 1 aromatic rings. The molecule has 108 valence electrons. The van der Waals surface area contributed by atoms with Crippen molar-refractivity contribution < 1.29 is 19.8 Å². The molecule has 1 aromatic carbocycles. The van der Waals surface area contributed by atoms with Crippen molar-refractivity contribution in [2.45, 2.75) is 25.7 Å². The smallest absolute Gasteiger partial charge is 0.339 e. The molecule has 0 atom stereocenters. The average Bonchev–Trinajstić information content (AvgIpc) is 2.91. The van der Waals surface area contributed by atoms with Crippen LogP contribution in [0, 0.1) is 5.92 Å². The Morgan fingerprint density at radius 2 is 1.95 bits per heavy atom. The quantitative estimate of drug-likeness (QED) is 0.635. The Labute approximate surface area is 116 Å². The molecule has 0 heterocycles. The Kier molecular flexibility index (Phi) is 4.45. The number of anilines is 1. The second-order valence-electron chi connectivity index (χ2n) is 5.02. The zero-order valence-corrected chi connectivity index (χ0v) is 11.1. The number of rotatable bonds is 4. The minimum atomic E-state index is -1.24. The lowest BCUT2D eigenvalue weighted by atomic mass is 10.1. The van der Waals surface area contributed by atoms with Gasteiger partial charge in [-0.15, -0.1) is 0 Å². The van der Waals surface area contributed by atoms with E-state index in [0.29, 0.717) is 18.2 Å². The fraction of sp³-hybridized carbons (Fsp3) is 0.429. The molecule has 1 saturated carbocycles. The van der Waals surface area contributed by atoms with Gasteiger partial charge in [0.1, 0.15) is 11.3 Å². The second-order valence-corrected chi connectivity index (χ2v) is 5.02. The molecule has 20 heavy (non-hydrogen) atoms. The number of aromatic hydroxyl groups is 1. The molecule has 6 nitrogen and oxygen atoms in total. The van der Waals surface area contributed by atoms with E-state index in [9.17, 15) is 14.7 Å². The van der Waals surface area contributed by atoms with Gasteiger partial charge in [0.15, 0.2) is 0 Å². The maximum absolute atomic E-state index is 11.7. The number of hydrogen-bond donors (Lipinski definition) is 4. The summed E-state index contributed by atoms with van der Waals surface area (Å²) in [5, 5.41) is 23.6. The number of phenols is 1. The number of carbonyl (C=O) groups excluding carboxylic acids is 1. The lowest BCUT2D eigenvalue weighted by Crippen LogP contribution is -2.32. The molecule has 1 aliphatic carbocycles. The van der Waals surface area contributed by atoms with Crippen molar-refractivity contribution in [2.24, 2.45) is 5.92 Å². The highest BCUT2D eigenvalue weighted by Gasteiger charge is 2.16. The van der Waals surface area contributed by atoms with Gasteiger partial charge in [0.25, 0.3) is 0 Å².